The minimum Gasteiger partial charge on any atom is -0.378 e. The van der Waals surface area contributed by atoms with Crippen molar-refractivity contribution in [2.24, 2.45) is 0 Å². The number of benzene rings is 1. The van der Waals surface area contributed by atoms with Gasteiger partial charge in [-0.1, -0.05) is 31.7 Å². The number of hydrogen-bond acceptors (Lipinski definition) is 6. The fraction of sp³-hybridized carbons (Fsp3) is 0.450. The van der Waals surface area contributed by atoms with Gasteiger partial charge in [-0.05, 0) is 30.9 Å². The Kier molecular flexibility index (Phi) is 5.06. The number of aromatic nitrogens is 4. The Morgan fingerprint density at radius 1 is 1.04 bits per heavy atom. The fourth-order valence-corrected chi connectivity index (χ4v) is 3.76. The molecule has 7 heteroatoms. The molecule has 27 heavy (non-hydrogen) atoms. The molecule has 6 nitrogen and oxygen atoms in total. The van der Waals surface area contributed by atoms with Crippen LogP contribution in [0.2, 0.25) is 0 Å². The molecule has 142 valence electrons. The van der Waals surface area contributed by atoms with Crippen LogP contribution in [-0.4, -0.2) is 52.1 Å². The number of anilines is 1. The summed E-state index contributed by atoms with van der Waals surface area (Å²) in [5, 5.41) is 0.776. The lowest BCUT2D eigenvalue weighted by molar-refractivity contribution is 0.122. The highest BCUT2D eigenvalue weighted by molar-refractivity contribution is 7.98. The molecule has 2 aromatic heterocycles. The van der Waals surface area contributed by atoms with Gasteiger partial charge in [0, 0.05) is 25.1 Å². The molecule has 0 unspecified atom stereocenters. The Morgan fingerprint density at radius 3 is 2.48 bits per heavy atom. The second-order valence-electron chi connectivity index (χ2n) is 7.12. The van der Waals surface area contributed by atoms with Crippen molar-refractivity contribution in [1.29, 1.82) is 0 Å². The Hall–Kier alpha value is -2.12. The lowest BCUT2D eigenvalue weighted by Crippen LogP contribution is -2.37. The monoisotopic (exact) mass is 383 g/mol. The molecule has 0 bridgehead atoms. The third-order valence-corrected chi connectivity index (χ3v) is 5.33. The van der Waals surface area contributed by atoms with Crippen LogP contribution >= 0.6 is 11.8 Å². The van der Waals surface area contributed by atoms with Gasteiger partial charge < -0.3 is 9.64 Å². The maximum absolute atomic E-state index is 5.50. The zero-order valence-electron chi connectivity index (χ0n) is 16.3. The van der Waals surface area contributed by atoms with Crippen molar-refractivity contribution in [3.8, 4) is 5.82 Å². The maximum Gasteiger partial charge on any atom is 0.191 e. The van der Waals surface area contributed by atoms with Gasteiger partial charge in [-0.25, -0.2) is 15.0 Å². The second kappa shape index (κ2) is 7.48. The molecule has 0 saturated carbocycles. The van der Waals surface area contributed by atoms with Gasteiger partial charge in [-0.2, -0.15) is 0 Å². The Balaban J connectivity index is 1.92. The number of ether oxygens (including phenoxy) is 1. The quantitative estimate of drug-likeness (QED) is 0.504. The van der Waals surface area contributed by atoms with Gasteiger partial charge in [-0.3, -0.25) is 4.57 Å². The third kappa shape index (κ3) is 3.53. The first kappa shape index (κ1) is 18.3. The Labute approximate surface area is 164 Å². The van der Waals surface area contributed by atoms with E-state index in [-0.39, 0.29) is 5.92 Å². The molecular formula is C20H25N5OS. The molecule has 0 amide bonds. The molecule has 1 aromatic carbocycles. The van der Waals surface area contributed by atoms with E-state index in [9.17, 15) is 0 Å². The molecule has 0 radical (unpaired) electrons. The highest BCUT2D eigenvalue weighted by Crippen LogP contribution is 2.29. The number of rotatable bonds is 4. The van der Waals surface area contributed by atoms with Gasteiger partial charge in [0.05, 0.1) is 24.2 Å². The predicted octanol–water partition coefficient (Wildman–Crippen LogP) is 3.81. The normalized spacial score (nSPS) is 15.1. The van der Waals surface area contributed by atoms with Crippen LogP contribution in [0.15, 0.2) is 29.4 Å². The summed E-state index contributed by atoms with van der Waals surface area (Å²) in [5.74, 6) is 3.15. The summed E-state index contributed by atoms with van der Waals surface area (Å²) in [5.41, 5.74) is 3.31. The van der Waals surface area contributed by atoms with Crippen LogP contribution in [0.5, 0.6) is 0 Å². The molecule has 0 atom stereocenters. The maximum atomic E-state index is 5.50. The zero-order valence-corrected chi connectivity index (χ0v) is 17.1. The van der Waals surface area contributed by atoms with Gasteiger partial charge in [0.25, 0.3) is 0 Å². The van der Waals surface area contributed by atoms with Crippen LogP contribution in [0.4, 0.5) is 5.82 Å². The summed E-state index contributed by atoms with van der Waals surface area (Å²) in [6.45, 7) is 9.62. The molecule has 1 fully saturated rings. The summed E-state index contributed by atoms with van der Waals surface area (Å²) >= 11 is 1.57. The number of morpholine rings is 1. The van der Waals surface area contributed by atoms with E-state index < -0.39 is 0 Å². The lowest BCUT2D eigenvalue weighted by atomic mass is 10.2. The second-order valence-corrected chi connectivity index (χ2v) is 7.90. The van der Waals surface area contributed by atoms with E-state index in [0.717, 1.165) is 60.0 Å². The molecule has 0 aliphatic carbocycles. The average molecular weight is 384 g/mol. The van der Waals surface area contributed by atoms with Crippen molar-refractivity contribution in [3.63, 3.8) is 0 Å². The van der Waals surface area contributed by atoms with Crippen molar-refractivity contribution in [3.05, 3.63) is 35.7 Å². The minimum absolute atomic E-state index is 0.289. The third-order valence-electron chi connectivity index (χ3n) is 4.78. The summed E-state index contributed by atoms with van der Waals surface area (Å²) in [4.78, 5) is 16.7. The fourth-order valence-electron chi connectivity index (χ4n) is 3.39. The summed E-state index contributed by atoms with van der Waals surface area (Å²) in [7, 11) is 0. The van der Waals surface area contributed by atoms with Crippen molar-refractivity contribution < 1.29 is 4.74 Å². The van der Waals surface area contributed by atoms with E-state index in [2.05, 4.69) is 54.5 Å². The largest absolute Gasteiger partial charge is 0.378 e. The molecule has 0 spiro atoms. The van der Waals surface area contributed by atoms with E-state index in [1.807, 2.05) is 6.26 Å². The van der Waals surface area contributed by atoms with Crippen LogP contribution in [0.3, 0.4) is 0 Å². The van der Waals surface area contributed by atoms with Gasteiger partial charge >= 0.3 is 0 Å². The average Bonchev–Trinajstić information content (AvgIpc) is 3.07. The predicted molar refractivity (Wildman–Crippen MR) is 110 cm³/mol. The highest BCUT2D eigenvalue weighted by Gasteiger charge is 2.20. The van der Waals surface area contributed by atoms with Crippen molar-refractivity contribution >= 4 is 28.6 Å². The first-order chi connectivity index (χ1) is 13.1. The van der Waals surface area contributed by atoms with E-state index in [0.29, 0.717) is 0 Å². The number of fused-ring (bicyclic) bond motifs is 1. The standard InChI is InChI=1S/C20H25N5OS/c1-13(2)19-21-15-6-5-14(3)11-16(15)25(19)18-12-17(22-20(23-18)27-4)24-7-9-26-10-8-24/h5-6,11-13H,7-10H2,1-4H3. The highest BCUT2D eigenvalue weighted by atomic mass is 32.2. The molecule has 4 rings (SSSR count). The van der Waals surface area contributed by atoms with Gasteiger partial charge in [0.2, 0.25) is 0 Å². The van der Waals surface area contributed by atoms with Crippen LogP contribution < -0.4 is 4.90 Å². The Morgan fingerprint density at radius 2 is 1.78 bits per heavy atom. The van der Waals surface area contributed by atoms with Crippen LogP contribution in [0.25, 0.3) is 16.9 Å². The number of imidazole rings is 1. The zero-order chi connectivity index (χ0) is 19.0. The number of nitrogens with zero attached hydrogens (tertiary/aromatic N) is 5. The van der Waals surface area contributed by atoms with Crippen molar-refractivity contribution in [2.75, 3.05) is 37.5 Å². The van der Waals surface area contributed by atoms with E-state index in [1.54, 1.807) is 11.8 Å². The topological polar surface area (TPSA) is 56.1 Å². The molecule has 3 heterocycles. The SMILES string of the molecule is CSc1nc(N2CCOCC2)cc(-n2c(C(C)C)nc3ccc(C)cc32)n1. The Bertz CT molecular complexity index is 962. The van der Waals surface area contributed by atoms with Crippen molar-refractivity contribution in [2.45, 2.75) is 31.8 Å². The molecule has 1 aliphatic heterocycles. The van der Waals surface area contributed by atoms with Gasteiger partial charge in [-0.15, -0.1) is 0 Å². The van der Waals surface area contributed by atoms with E-state index >= 15 is 0 Å². The number of aryl methyl sites for hydroxylation is 1. The van der Waals surface area contributed by atoms with Crippen molar-refractivity contribution in [1.82, 2.24) is 19.5 Å². The number of hydrogen-bond donors (Lipinski definition) is 0. The van der Waals surface area contributed by atoms with Gasteiger partial charge in [0.15, 0.2) is 5.16 Å². The minimum atomic E-state index is 0.289. The van der Waals surface area contributed by atoms with Gasteiger partial charge in [0.1, 0.15) is 17.5 Å². The smallest absolute Gasteiger partial charge is 0.191 e. The summed E-state index contributed by atoms with van der Waals surface area (Å²) in [6, 6.07) is 8.46. The summed E-state index contributed by atoms with van der Waals surface area (Å²) < 4.78 is 7.69. The number of thioether (sulfide) groups is 1. The lowest BCUT2D eigenvalue weighted by Gasteiger charge is -2.28. The molecule has 0 N–H and O–H groups in total. The first-order valence-electron chi connectivity index (χ1n) is 9.32. The molecule has 1 saturated heterocycles. The molecule has 1 aliphatic rings. The molecule has 3 aromatic rings. The molecular weight excluding hydrogens is 358 g/mol. The van der Waals surface area contributed by atoms with Crippen LogP contribution in [0.1, 0.15) is 31.2 Å². The van der Waals surface area contributed by atoms with E-state index in [4.69, 9.17) is 19.7 Å². The van der Waals surface area contributed by atoms with Crippen LogP contribution in [0, 0.1) is 6.92 Å². The first-order valence-corrected chi connectivity index (χ1v) is 10.5. The summed E-state index contributed by atoms with van der Waals surface area (Å²) in [6.07, 6.45) is 2.02. The van der Waals surface area contributed by atoms with Crippen LogP contribution in [-0.2, 0) is 4.74 Å². The van der Waals surface area contributed by atoms with E-state index in [1.165, 1.54) is 5.56 Å².